The van der Waals surface area contributed by atoms with Gasteiger partial charge in [-0.1, -0.05) is 15.9 Å². The third-order valence-electron chi connectivity index (χ3n) is 3.51. The number of aromatic nitrogens is 1. The third kappa shape index (κ3) is 1.67. The van der Waals surface area contributed by atoms with Crippen LogP contribution in [0.15, 0.2) is 22.7 Å². The number of fused-ring (bicyclic) bond motifs is 3. The van der Waals surface area contributed by atoms with E-state index in [2.05, 4.69) is 27.0 Å². The van der Waals surface area contributed by atoms with Crippen LogP contribution in [0.25, 0.3) is 10.9 Å². The number of halogens is 1. The molecule has 0 spiro atoms. The number of benzene rings is 1. The van der Waals surface area contributed by atoms with Crippen molar-refractivity contribution in [3.05, 3.63) is 33.9 Å². The second kappa shape index (κ2) is 3.88. The molecule has 4 heteroatoms. The molecule has 1 aromatic heterocycles. The van der Waals surface area contributed by atoms with Crippen molar-refractivity contribution < 1.29 is 4.79 Å². The molecule has 1 aliphatic carbocycles. The Kier molecular flexibility index (Phi) is 2.47. The summed E-state index contributed by atoms with van der Waals surface area (Å²) in [5, 5.41) is 1.21. The average Bonchev–Trinajstić information content (AvgIpc) is 2.66. The highest BCUT2D eigenvalue weighted by Crippen LogP contribution is 2.36. The predicted molar refractivity (Wildman–Crippen MR) is 70.9 cm³/mol. The Labute approximate surface area is 108 Å². The zero-order chi connectivity index (χ0) is 12.0. The molecule has 0 fully saturated rings. The smallest absolute Gasteiger partial charge is 0.226 e. The molecule has 1 aliphatic rings. The van der Waals surface area contributed by atoms with Crippen LogP contribution >= 0.6 is 15.9 Å². The van der Waals surface area contributed by atoms with Crippen LogP contribution < -0.4 is 5.73 Å². The Morgan fingerprint density at radius 2 is 2.29 bits per heavy atom. The van der Waals surface area contributed by atoms with Gasteiger partial charge in [0, 0.05) is 21.1 Å². The zero-order valence-electron chi connectivity index (χ0n) is 9.29. The van der Waals surface area contributed by atoms with Crippen LogP contribution in [0.4, 0.5) is 0 Å². The first-order valence-corrected chi connectivity index (χ1v) is 6.55. The lowest BCUT2D eigenvalue weighted by Gasteiger charge is -2.19. The molecule has 0 radical (unpaired) electrons. The molecule has 0 saturated heterocycles. The predicted octanol–water partition coefficient (Wildman–Crippen LogP) is 2.84. The standard InChI is InChI=1S/C13H13BrN2O/c14-7-4-5-11-10(6-7)8-2-1-3-9(13(15)17)12(8)16-11/h4-6,9,16H,1-3H2,(H2,15,17). The molecule has 0 aliphatic heterocycles. The fourth-order valence-corrected chi connectivity index (χ4v) is 3.08. The van der Waals surface area contributed by atoms with E-state index in [4.69, 9.17) is 5.73 Å². The molecule has 1 amide bonds. The fraction of sp³-hybridized carbons (Fsp3) is 0.308. The number of amides is 1. The van der Waals surface area contributed by atoms with Gasteiger partial charge in [-0.2, -0.15) is 0 Å². The summed E-state index contributed by atoms with van der Waals surface area (Å²) in [6, 6.07) is 6.15. The fourth-order valence-electron chi connectivity index (χ4n) is 2.72. The topological polar surface area (TPSA) is 58.9 Å². The van der Waals surface area contributed by atoms with E-state index in [1.807, 2.05) is 12.1 Å². The van der Waals surface area contributed by atoms with Crippen LogP contribution in [-0.2, 0) is 11.2 Å². The highest BCUT2D eigenvalue weighted by molar-refractivity contribution is 9.10. The van der Waals surface area contributed by atoms with Crippen molar-refractivity contribution in [3.8, 4) is 0 Å². The summed E-state index contributed by atoms with van der Waals surface area (Å²) < 4.78 is 1.06. The van der Waals surface area contributed by atoms with Crippen molar-refractivity contribution in [2.24, 2.45) is 5.73 Å². The molecule has 0 bridgehead atoms. The van der Waals surface area contributed by atoms with E-state index >= 15 is 0 Å². The van der Waals surface area contributed by atoms with Gasteiger partial charge in [0.2, 0.25) is 5.91 Å². The SMILES string of the molecule is NC(=O)C1CCCc2c1[nH]c1ccc(Br)cc21. The van der Waals surface area contributed by atoms with E-state index < -0.39 is 0 Å². The molecule has 1 atom stereocenters. The molecule has 2 aromatic rings. The molecule has 17 heavy (non-hydrogen) atoms. The van der Waals surface area contributed by atoms with Gasteiger partial charge in [0.25, 0.3) is 0 Å². The molecular formula is C13H13BrN2O. The number of aryl methyl sites for hydroxylation is 1. The number of nitrogens with one attached hydrogen (secondary N) is 1. The van der Waals surface area contributed by atoms with E-state index in [9.17, 15) is 4.79 Å². The van der Waals surface area contributed by atoms with Gasteiger partial charge in [-0.15, -0.1) is 0 Å². The first-order chi connectivity index (χ1) is 8.16. The number of aromatic amines is 1. The minimum Gasteiger partial charge on any atom is -0.369 e. The van der Waals surface area contributed by atoms with Gasteiger partial charge >= 0.3 is 0 Å². The van der Waals surface area contributed by atoms with E-state index in [0.29, 0.717) is 0 Å². The number of carbonyl (C=O) groups excluding carboxylic acids is 1. The highest BCUT2D eigenvalue weighted by Gasteiger charge is 2.27. The second-order valence-electron chi connectivity index (χ2n) is 4.55. The van der Waals surface area contributed by atoms with E-state index in [-0.39, 0.29) is 11.8 Å². The van der Waals surface area contributed by atoms with Gasteiger partial charge in [0.15, 0.2) is 0 Å². The summed E-state index contributed by atoms with van der Waals surface area (Å²) in [5.41, 5.74) is 8.84. The highest BCUT2D eigenvalue weighted by atomic mass is 79.9. The Hall–Kier alpha value is -1.29. The number of carbonyl (C=O) groups is 1. The lowest BCUT2D eigenvalue weighted by molar-refractivity contribution is -0.119. The van der Waals surface area contributed by atoms with Gasteiger partial charge in [-0.25, -0.2) is 0 Å². The van der Waals surface area contributed by atoms with Crippen molar-refractivity contribution in [3.63, 3.8) is 0 Å². The average molecular weight is 293 g/mol. The van der Waals surface area contributed by atoms with Gasteiger partial charge in [0.1, 0.15) is 0 Å². The molecule has 3 N–H and O–H groups in total. The maximum atomic E-state index is 11.5. The number of H-pyrrole nitrogens is 1. The number of primary amides is 1. The minimum atomic E-state index is -0.225. The van der Waals surface area contributed by atoms with Crippen LogP contribution in [-0.4, -0.2) is 10.9 Å². The van der Waals surface area contributed by atoms with Crippen molar-refractivity contribution in [2.75, 3.05) is 0 Å². The largest absolute Gasteiger partial charge is 0.369 e. The Balaban J connectivity index is 2.25. The van der Waals surface area contributed by atoms with Crippen molar-refractivity contribution >= 4 is 32.7 Å². The molecular weight excluding hydrogens is 280 g/mol. The van der Waals surface area contributed by atoms with Crippen molar-refractivity contribution in [2.45, 2.75) is 25.2 Å². The summed E-state index contributed by atoms with van der Waals surface area (Å²) >= 11 is 3.48. The summed E-state index contributed by atoms with van der Waals surface area (Å²) in [6.07, 6.45) is 2.91. The van der Waals surface area contributed by atoms with Gasteiger partial charge < -0.3 is 10.7 Å². The summed E-state index contributed by atoms with van der Waals surface area (Å²) in [7, 11) is 0. The Morgan fingerprint density at radius 1 is 1.47 bits per heavy atom. The lowest BCUT2D eigenvalue weighted by atomic mass is 9.86. The summed E-state index contributed by atoms with van der Waals surface area (Å²) in [6.45, 7) is 0. The summed E-state index contributed by atoms with van der Waals surface area (Å²) in [5.74, 6) is -0.374. The van der Waals surface area contributed by atoms with E-state index in [1.165, 1.54) is 10.9 Å². The van der Waals surface area contributed by atoms with Crippen molar-refractivity contribution in [1.82, 2.24) is 4.98 Å². The molecule has 1 heterocycles. The third-order valence-corrected chi connectivity index (χ3v) is 4.01. The van der Waals surface area contributed by atoms with Gasteiger partial charge in [-0.05, 0) is 43.0 Å². The Morgan fingerprint density at radius 3 is 3.06 bits per heavy atom. The first kappa shape index (κ1) is 10.8. The molecule has 0 saturated carbocycles. The lowest BCUT2D eigenvalue weighted by Crippen LogP contribution is -2.24. The zero-order valence-corrected chi connectivity index (χ0v) is 10.9. The van der Waals surface area contributed by atoms with Crippen LogP contribution in [0, 0.1) is 0 Å². The van der Waals surface area contributed by atoms with Crippen LogP contribution in [0.1, 0.15) is 30.0 Å². The monoisotopic (exact) mass is 292 g/mol. The normalized spacial score (nSPS) is 19.2. The molecule has 88 valence electrons. The van der Waals surface area contributed by atoms with E-state index in [1.54, 1.807) is 0 Å². The Bertz CT molecular complexity index is 603. The van der Waals surface area contributed by atoms with E-state index in [0.717, 1.165) is 34.9 Å². The molecule has 1 unspecified atom stereocenters. The molecule has 3 nitrogen and oxygen atoms in total. The van der Waals surface area contributed by atoms with Gasteiger partial charge in [0.05, 0.1) is 5.92 Å². The van der Waals surface area contributed by atoms with Crippen LogP contribution in [0.2, 0.25) is 0 Å². The number of rotatable bonds is 1. The quantitative estimate of drug-likeness (QED) is 0.834. The van der Waals surface area contributed by atoms with Crippen LogP contribution in [0.5, 0.6) is 0 Å². The number of nitrogens with two attached hydrogens (primary N) is 1. The molecule has 3 rings (SSSR count). The maximum absolute atomic E-state index is 11.5. The molecule has 1 aromatic carbocycles. The van der Waals surface area contributed by atoms with Gasteiger partial charge in [-0.3, -0.25) is 4.79 Å². The maximum Gasteiger partial charge on any atom is 0.226 e. The van der Waals surface area contributed by atoms with Crippen molar-refractivity contribution in [1.29, 1.82) is 0 Å². The van der Waals surface area contributed by atoms with Crippen LogP contribution in [0.3, 0.4) is 0 Å². The minimum absolute atomic E-state index is 0.148. The summed E-state index contributed by atoms with van der Waals surface area (Å²) in [4.78, 5) is 14.8. The number of hydrogen-bond acceptors (Lipinski definition) is 1. The second-order valence-corrected chi connectivity index (χ2v) is 5.47. The number of hydrogen-bond donors (Lipinski definition) is 2. The first-order valence-electron chi connectivity index (χ1n) is 5.76.